The first-order valence-corrected chi connectivity index (χ1v) is 4.75. The molecular formula is C5H9NOS2. The van der Waals surface area contributed by atoms with E-state index < -0.39 is 0 Å². The van der Waals surface area contributed by atoms with Crippen LogP contribution in [-0.2, 0) is 0 Å². The molecule has 0 amide bonds. The van der Waals surface area contributed by atoms with Gasteiger partial charge < -0.3 is 5.21 Å². The second-order valence-electron chi connectivity index (χ2n) is 1.16. The molecule has 4 heteroatoms. The third-order valence-electron chi connectivity index (χ3n) is 0.680. The maximum absolute atomic E-state index is 8.01. The minimum atomic E-state index is 1.13. The summed E-state index contributed by atoms with van der Waals surface area (Å²) >= 11 is 3.26. The lowest BCUT2D eigenvalue weighted by molar-refractivity contribution is 0.322. The predicted molar refractivity (Wildman–Crippen MR) is 45.4 cm³/mol. The van der Waals surface area contributed by atoms with E-state index in [2.05, 4.69) is 5.16 Å². The van der Waals surface area contributed by atoms with Gasteiger partial charge in [-0.05, 0) is 18.6 Å². The van der Waals surface area contributed by atoms with E-state index >= 15 is 0 Å². The van der Waals surface area contributed by atoms with Gasteiger partial charge in [0, 0.05) is 4.24 Å². The second-order valence-corrected chi connectivity index (χ2v) is 3.11. The first-order chi connectivity index (χ1) is 4.35. The Morgan fingerprint density at radius 1 is 1.44 bits per heavy atom. The summed E-state index contributed by atoms with van der Waals surface area (Å²) in [6.07, 6.45) is 7.08. The number of oxime groups is 1. The molecule has 0 radical (unpaired) electrons. The van der Waals surface area contributed by atoms with Crippen LogP contribution < -0.4 is 0 Å². The molecule has 52 valence electrons. The lowest BCUT2D eigenvalue weighted by atomic mass is 10.7. The molecule has 0 saturated heterocycles. The summed E-state index contributed by atoms with van der Waals surface area (Å²) in [7, 11) is 0. The minimum absolute atomic E-state index is 1.13. The van der Waals surface area contributed by atoms with Crippen molar-refractivity contribution in [2.24, 2.45) is 5.16 Å². The number of thioether (sulfide) groups is 2. The molecule has 0 aliphatic rings. The van der Waals surface area contributed by atoms with Gasteiger partial charge in [-0.15, -0.1) is 23.5 Å². The van der Waals surface area contributed by atoms with E-state index in [4.69, 9.17) is 5.21 Å². The molecule has 0 aromatic heterocycles. The zero-order valence-corrected chi connectivity index (χ0v) is 7.00. The fourth-order valence-corrected chi connectivity index (χ4v) is 1.37. The summed E-state index contributed by atoms with van der Waals surface area (Å²) in [4.78, 5) is 0. The maximum atomic E-state index is 8.01. The zero-order valence-electron chi connectivity index (χ0n) is 5.37. The van der Waals surface area contributed by atoms with E-state index in [0.29, 0.717) is 0 Å². The van der Waals surface area contributed by atoms with Crippen LogP contribution in [0.5, 0.6) is 0 Å². The Balaban J connectivity index is 3.75. The summed E-state index contributed by atoms with van der Waals surface area (Å²) in [5.41, 5.74) is 0. The molecule has 0 rings (SSSR count). The van der Waals surface area contributed by atoms with Crippen LogP contribution in [0.2, 0.25) is 0 Å². The number of nitrogens with zero attached hydrogens (tertiary/aromatic N) is 1. The Morgan fingerprint density at radius 3 is 2.33 bits per heavy atom. The van der Waals surface area contributed by atoms with Gasteiger partial charge in [-0.25, -0.2) is 0 Å². The summed E-state index contributed by atoms with van der Waals surface area (Å²) in [5, 5.41) is 10.9. The smallest absolute Gasteiger partial charge is 0.0677 e. The van der Waals surface area contributed by atoms with Crippen molar-refractivity contribution < 1.29 is 5.21 Å². The van der Waals surface area contributed by atoms with E-state index in [0.717, 1.165) is 4.24 Å². The summed E-state index contributed by atoms with van der Waals surface area (Å²) in [5.74, 6) is 0. The fraction of sp³-hybridized carbons (Fsp3) is 0.400. The molecule has 0 atom stereocenters. The van der Waals surface area contributed by atoms with E-state index in [9.17, 15) is 0 Å². The number of hydrogen-bond donors (Lipinski definition) is 1. The molecule has 0 bridgehead atoms. The Kier molecular flexibility index (Phi) is 5.98. The third kappa shape index (κ3) is 4.42. The van der Waals surface area contributed by atoms with Crippen LogP contribution in [0.15, 0.2) is 15.5 Å². The van der Waals surface area contributed by atoms with E-state index in [-0.39, 0.29) is 0 Å². The molecular weight excluding hydrogens is 154 g/mol. The van der Waals surface area contributed by atoms with Crippen molar-refractivity contribution in [3.63, 3.8) is 0 Å². The van der Waals surface area contributed by atoms with Crippen molar-refractivity contribution in [3.8, 4) is 0 Å². The van der Waals surface area contributed by atoms with Crippen molar-refractivity contribution >= 4 is 29.7 Å². The fourth-order valence-electron chi connectivity index (χ4n) is 0.314. The molecule has 9 heavy (non-hydrogen) atoms. The van der Waals surface area contributed by atoms with Gasteiger partial charge in [-0.2, -0.15) is 0 Å². The van der Waals surface area contributed by atoms with Crippen LogP contribution in [0.4, 0.5) is 0 Å². The predicted octanol–water partition coefficient (Wildman–Crippen LogP) is 2.01. The summed E-state index contributed by atoms with van der Waals surface area (Å²) in [6, 6.07) is 0. The standard InChI is InChI=1S/C5H9NOS2/c1-8-5(9-2)3-4-6-7/h3-4,7H,1-2H3. The van der Waals surface area contributed by atoms with Gasteiger partial charge in [0.05, 0.1) is 6.21 Å². The van der Waals surface area contributed by atoms with Crippen molar-refractivity contribution in [2.75, 3.05) is 12.5 Å². The minimum Gasteiger partial charge on any atom is -0.411 e. The molecule has 0 aliphatic carbocycles. The van der Waals surface area contributed by atoms with Gasteiger partial charge in [0.1, 0.15) is 0 Å². The SMILES string of the molecule is CSC(=CC=NO)SC. The summed E-state index contributed by atoms with van der Waals surface area (Å²) < 4.78 is 1.13. The van der Waals surface area contributed by atoms with Crippen LogP contribution in [-0.4, -0.2) is 23.9 Å². The van der Waals surface area contributed by atoms with Crippen molar-refractivity contribution in [2.45, 2.75) is 0 Å². The first kappa shape index (κ1) is 8.91. The molecule has 0 heterocycles. The molecule has 0 saturated carbocycles. The molecule has 2 nitrogen and oxygen atoms in total. The number of hydrogen-bond acceptors (Lipinski definition) is 4. The van der Waals surface area contributed by atoms with Crippen molar-refractivity contribution in [1.82, 2.24) is 0 Å². The van der Waals surface area contributed by atoms with Gasteiger partial charge in [0.25, 0.3) is 0 Å². The molecule has 0 fully saturated rings. The van der Waals surface area contributed by atoms with Crippen LogP contribution in [0.25, 0.3) is 0 Å². The summed E-state index contributed by atoms with van der Waals surface area (Å²) in [6.45, 7) is 0. The van der Waals surface area contributed by atoms with E-state index in [1.807, 2.05) is 12.5 Å². The zero-order chi connectivity index (χ0) is 7.11. The van der Waals surface area contributed by atoms with Gasteiger partial charge in [0.15, 0.2) is 0 Å². The number of allylic oxidation sites excluding steroid dienone is 1. The topological polar surface area (TPSA) is 32.6 Å². The molecule has 0 unspecified atom stereocenters. The molecule has 0 aromatic carbocycles. The highest BCUT2D eigenvalue weighted by Crippen LogP contribution is 2.21. The van der Waals surface area contributed by atoms with Crippen LogP contribution >= 0.6 is 23.5 Å². The molecule has 0 spiro atoms. The Morgan fingerprint density at radius 2 is 2.00 bits per heavy atom. The normalized spacial score (nSPS) is 10.0. The largest absolute Gasteiger partial charge is 0.411 e. The van der Waals surface area contributed by atoms with Crippen LogP contribution in [0.3, 0.4) is 0 Å². The van der Waals surface area contributed by atoms with Gasteiger partial charge in [0.2, 0.25) is 0 Å². The monoisotopic (exact) mass is 163 g/mol. The first-order valence-electron chi connectivity index (χ1n) is 2.30. The van der Waals surface area contributed by atoms with Gasteiger partial charge >= 0.3 is 0 Å². The van der Waals surface area contributed by atoms with Gasteiger partial charge in [-0.3, -0.25) is 0 Å². The third-order valence-corrected chi connectivity index (χ3v) is 2.76. The highest BCUT2D eigenvalue weighted by atomic mass is 32.2. The maximum Gasteiger partial charge on any atom is 0.0677 e. The molecule has 0 aliphatic heterocycles. The highest BCUT2D eigenvalue weighted by molar-refractivity contribution is 8.21. The molecule has 1 N–H and O–H groups in total. The Bertz CT molecular complexity index is 116. The lowest BCUT2D eigenvalue weighted by Gasteiger charge is -1.92. The average molecular weight is 163 g/mol. The van der Waals surface area contributed by atoms with Crippen LogP contribution in [0, 0.1) is 0 Å². The van der Waals surface area contributed by atoms with Crippen molar-refractivity contribution in [3.05, 3.63) is 10.3 Å². The van der Waals surface area contributed by atoms with E-state index in [1.54, 1.807) is 29.6 Å². The highest BCUT2D eigenvalue weighted by Gasteiger charge is 1.86. The van der Waals surface area contributed by atoms with Crippen molar-refractivity contribution in [1.29, 1.82) is 0 Å². The van der Waals surface area contributed by atoms with Crippen LogP contribution in [0.1, 0.15) is 0 Å². The molecule has 0 aromatic rings. The lowest BCUT2D eigenvalue weighted by Crippen LogP contribution is -1.68. The number of rotatable bonds is 3. The van der Waals surface area contributed by atoms with E-state index in [1.165, 1.54) is 6.21 Å². The van der Waals surface area contributed by atoms with Gasteiger partial charge in [-0.1, -0.05) is 5.16 Å². The second kappa shape index (κ2) is 6.04. The Labute approximate surface area is 63.4 Å². The average Bonchev–Trinajstić information content (AvgIpc) is 1.91. The Hall–Kier alpha value is -0.0900. The quantitative estimate of drug-likeness (QED) is 0.392.